The highest BCUT2D eigenvalue weighted by molar-refractivity contribution is 6.01. The van der Waals surface area contributed by atoms with Crippen molar-refractivity contribution in [1.29, 1.82) is 0 Å². The SMILES string of the molecule is CC1CC=Cc2c1c1cc3nc(cc4[nH]c(cc5nc(cc2[nH]1)C1=C5C2C=CC1CC2)c1c4C2C=CC1CC2)C1=C3C2C=CC1CC2. The molecular weight excluding hydrogens is 573 g/mol. The number of allylic oxidation sites excluding steroid dienone is 11. The average Bonchev–Trinajstić information content (AvgIpc) is 3.88. The molecule has 5 heterocycles. The minimum atomic E-state index is 0.450. The van der Waals surface area contributed by atoms with Crippen LogP contribution in [0.5, 0.6) is 0 Å². The van der Waals surface area contributed by atoms with Gasteiger partial charge in [-0.2, -0.15) is 0 Å². The number of hydrogen-bond donors (Lipinski definition) is 2. The maximum absolute atomic E-state index is 5.55. The van der Waals surface area contributed by atoms with E-state index in [1.54, 1.807) is 0 Å². The summed E-state index contributed by atoms with van der Waals surface area (Å²) in [5.74, 6) is 3.20. The molecule has 12 aliphatic rings. The molecule has 7 unspecified atom stereocenters. The molecule has 0 saturated carbocycles. The molecule has 3 aromatic rings. The molecule has 14 bridgehead atoms. The monoisotopic (exact) mass is 610 g/mol. The summed E-state index contributed by atoms with van der Waals surface area (Å²) in [6.07, 6.45) is 27.9. The minimum absolute atomic E-state index is 0.450. The van der Waals surface area contributed by atoms with Crippen molar-refractivity contribution in [2.24, 2.45) is 23.7 Å². The lowest BCUT2D eigenvalue weighted by molar-refractivity contribution is 0.558. The maximum Gasteiger partial charge on any atom is 0.0699 e. The molecule has 0 radical (unpaired) electrons. The molecule has 0 fully saturated rings. The van der Waals surface area contributed by atoms with E-state index in [0.717, 1.165) is 17.8 Å². The van der Waals surface area contributed by atoms with Gasteiger partial charge in [-0.3, -0.25) is 0 Å². The summed E-state index contributed by atoms with van der Waals surface area (Å²) in [6, 6.07) is 9.64. The summed E-state index contributed by atoms with van der Waals surface area (Å²) >= 11 is 0. The largest absolute Gasteiger partial charge is 0.355 e. The van der Waals surface area contributed by atoms with Crippen LogP contribution in [0.1, 0.15) is 115 Å². The molecule has 4 nitrogen and oxygen atoms in total. The summed E-state index contributed by atoms with van der Waals surface area (Å²) in [5.41, 5.74) is 21.3. The first kappa shape index (κ1) is 25.6. The summed E-state index contributed by atoms with van der Waals surface area (Å²) in [4.78, 5) is 19.1. The fourth-order valence-corrected chi connectivity index (χ4v) is 11.1. The standard InChI is InChI=1S/C43H38N4/c1-21-3-2-4-28-29-17-31-38-22-5-7-24(8-6-22)40(38)33(45-31)19-35-42-26-13-15-27(16-14-26)43(42)36(47-35)20-34-41-25-11-9-23(10-12-25)39(41)32(46-34)18-30(44-29)37(21)28/h2,4-5,7,9,11,13,15,17-27,44,47H,3,6,8,10,12,14,16H2,1H3. The van der Waals surface area contributed by atoms with Crippen molar-refractivity contribution in [3.05, 3.63) is 112 Å². The van der Waals surface area contributed by atoms with Crippen LogP contribution in [0.3, 0.4) is 0 Å². The van der Waals surface area contributed by atoms with Crippen molar-refractivity contribution in [3.63, 3.8) is 0 Å². The van der Waals surface area contributed by atoms with Crippen LogP contribution in [-0.2, 0) is 0 Å². The topological polar surface area (TPSA) is 57.4 Å². The van der Waals surface area contributed by atoms with Crippen LogP contribution < -0.4 is 0 Å². The third-order valence-corrected chi connectivity index (χ3v) is 13.2. The molecule has 0 spiro atoms. The lowest BCUT2D eigenvalue weighted by Crippen LogP contribution is -2.18. The first-order chi connectivity index (χ1) is 23.2. The number of nitrogens with zero attached hydrogens (tertiary/aromatic N) is 2. The van der Waals surface area contributed by atoms with Crippen LogP contribution in [-0.4, -0.2) is 19.9 Å². The van der Waals surface area contributed by atoms with Crippen LogP contribution in [0.4, 0.5) is 0 Å². The summed E-state index contributed by atoms with van der Waals surface area (Å²) in [6.45, 7) is 2.38. The lowest BCUT2D eigenvalue weighted by Gasteiger charge is -2.33. The Hall–Kier alpha value is -4.44. The molecule has 7 atom stereocenters. The average molecular weight is 611 g/mol. The third kappa shape index (κ3) is 3.34. The van der Waals surface area contributed by atoms with Gasteiger partial charge in [0.2, 0.25) is 0 Å². The van der Waals surface area contributed by atoms with Gasteiger partial charge in [-0.1, -0.05) is 55.5 Å². The van der Waals surface area contributed by atoms with Crippen molar-refractivity contribution in [1.82, 2.24) is 19.9 Å². The Morgan fingerprint density at radius 2 is 0.872 bits per heavy atom. The van der Waals surface area contributed by atoms with E-state index >= 15 is 0 Å². The Kier molecular flexibility index (Phi) is 4.86. The van der Waals surface area contributed by atoms with E-state index in [9.17, 15) is 0 Å². The van der Waals surface area contributed by atoms with E-state index in [-0.39, 0.29) is 0 Å². The van der Waals surface area contributed by atoms with Gasteiger partial charge < -0.3 is 9.97 Å². The Balaban J connectivity index is 1.24. The van der Waals surface area contributed by atoms with Gasteiger partial charge in [0.15, 0.2) is 0 Å². The predicted molar refractivity (Wildman–Crippen MR) is 191 cm³/mol. The molecule has 3 aromatic heterocycles. The quantitative estimate of drug-likeness (QED) is 0.249. The number of aromatic amines is 2. The van der Waals surface area contributed by atoms with Crippen LogP contribution in [0.2, 0.25) is 0 Å². The minimum Gasteiger partial charge on any atom is -0.355 e. The van der Waals surface area contributed by atoms with Crippen molar-refractivity contribution in [3.8, 4) is 0 Å². The molecule has 47 heavy (non-hydrogen) atoms. The zero-order valence-electron chi connectivity index (χ0n) is 26.8. The zero-order chi connectivity index (χ0) is 30.5. The Morgan fingerprint density at radius 3 is 1.32 bits per heavy atom. The predicted octanol–water partition coefficient (Wildman–Crippen LogP) is 10.4. The zero-order valence-corrected chi connectivity index (χ0v) is 26.8. The van der Waals surface area contributed by atoms with Crippen molar-refractivity contribution in [2.45, 2.75) is 69.6 Å². The second-order valence-electron chi connectivity index (χ2n) is 15.6. The third-order valence-electron chi connectivity index (χ3n) is 13.2. The summed E-state index contributed by atoms with van der Waals surface area (Å²) < 4.78 is 0. The molecule has 2 aliphatic heterocycles. The highest BCUT2D eigenvalue weighted by Gasteiger charge is 2.40. The van der Waals surface area contributed by atoms with Gasteiger partial charge in [-0.15, -0.1) is 0 Å². The molecule has 0 saturated heterocycles. The molecule has 0 aromatic carbocycles. The van der Waals surface area contributed by atoms with Gasteiger partial charge in [0.25, 0.3) is 0 Å². The molecule has 230 valence electrons. The smallest absolute Gasteiger partial charge is 0.0699 e. The van der Waals surface area contributed by atoms with E-state index in [2.05, 4.69) is 89.8 Å². The molecule has 4 heteroatoms. The van der Waals surface area contributed by atoms with E-state index in [1.807, 2.05) is 0 Å². The van der Waals surface area contributed by atoms with Crippen LogP contribution in [0.25, 0.3) is 50.4 Å². The van der Waals surface area contributed by atoms with E-state index in [0.29, 0.717) is 41.4 Å². The molecule has 15 rings (SSSR count). The Bertz CT molecular complexity index is 2350. The van der Waals surface area contributed by atoms with E-state index < -0.39 is 0 Å². The van der Waals surface area contributed by atoms with Gasteiger partial charge in [0, 0.05) is 63.1 Å². The number of fused-ring (bicyclic) bond motifs is 14. The van der Waals surface area contributed by atoms with Crippen molar-refractivity contribution in [2.75, 3.05) is 0 Å². The second-order valence-corrected chi connectivity index (χ2v) is 15.6. The Morgan fingerprint density at radius 1 is 0.489 bits per heavy atom. The molecular formula is C43H38N4. The molecule has 0 amide bonds. The number of hydrogen-bond acceptors (Lipinski definition) is 2. The van der Waals surface area contributed by atoms with E-state index in [1.165, 1.54) is 117 Å². The number of rotatable bonds is 0. The van der Waals surface area contributed by atoms with Gasteiger partial charge in [0.1, 0.15) is 0 Å². The van der Waals surface area contributed by atoms with Crippen LogP contribution in [0.15, 0.2) is 66.8 Å². The Labute approximate surface area is 274 Å². The fourth-order valence-electron chi connectivity index (χ4n) is 11.1. The lowest BCUT2D eigenvalue weighted by atomic mass is 9.70. The first-order valence-electron chi connectivity index (χ1n) is 18.2. The van der Waals surface area contributed by atoms with E-state index in [4.69, 9.17) is 9.97 Å². The molecule has 10 aliphatic carbocycles. The highest BCUT2D eigenvalue weighted by Crippen LogP contribution is 2.55. The van der Waals surface area contributed by atoms with Gasteiger partial charge in [-0.25, -0.2) is 9.97 Å². The maximum atomic E-state index is 5.55. The summed E-state index contributed by atoms with van der Waals surface area (Å²) in [7, 11) is 0. The number of nitrogens with one attached hydrogen (secondary N) is 2. The molecule has 2 N–H and O–H groups in total. The van der Waals surface area contributed by atoms with Gasteiger partial charge in [-0.05, 0) is 114 Å². The van der Waals surface area contributed by atoms with Crippen LogP contribution >= 0.6 is 0 Å². The van der Waals surface area contributed by atoms with Crippen molar-refractivity contribution < 1.29 is 0 Å². The highest BCUT2D eigenvalue weighted by atomic mass is 14.8. The second kappa shape index (κ2) is 8.92. The number of aromatic nitrogens is 4. The fraction of sp³-hybridized carbons (Fsp3) is 0.349. The number of H-pyrrole nitrogens is 2. The van der Waals surface area contributed by atoms with Crippen molar-refractivity contribution >= 4 is 50.4 Å². The van der Waals surface area contributed by atoms with Gasteiger partial charge in [0.05, 0.1) is 22.8 Å². The van der Waals surface area contributed by atoms with Gasteiger partial charge >= 0.3 is 0 Å². The van der Waals surface area contributed by atoms with Crippen LogP contribution in [0, 0.1) is 23.7 Å². The first-order valence-corrected chi connectivity index (χ1v) is 18.2. The summed E-state index contributed by atoms with van der Waals surface area (Å²) in [5, 5.41) is 0. The normalized spacial score (nSPS) is 31.5.